The number of nitrogens with one attached hydrogen (secondary N) is 1. The topological polar surface area (TPSA) is 91.4 Å². The van der Waals surface area contributed by atoms with Gasteiger partial charge in [-0.25, -0.2) is 9.97 Å². The Bertz CT molecular complexity index is 810. The summed E-state index contributed by atoms with van der Waals surface area (Å²) in [6.45, 7) is 1.91. The van der Waals surface area contributed by atoms with E-state index in [2.05, 4.69) is 21.0 Å². The summed E-state index contributed by atoms with van der Waals surface area (Å²) in [5.41, 5.74) is 9.68. The number of nitrogens with two attached hydrogens (primary N) is 1. The minimum Gasteiger partial charge on any atom is -0.383 e. The van der Waals surface area contributed by atoms with E-state index in [1.54, 1.807) is 12.3 Å². The van der Waals surface area contributed by atoms with E-state index in [9.17, 15) is 5.26 Å². The van der Waals surface area contributed by atoms with Crippen LogP contribution in [0, 0.1) is 18.3 Å². The largest absolute Gasteiger partial charge is 0.383 e. The number of fused-ring (bicyclic) bond motifs is 1. The third-order valence-corrected chi connectivity index (χ3v) is 3.00. The highest BCUT2D eigenvalue weighted by Gasteiger charge is 2.10. The van der Waals surface area contributed by atoms with Crippen LogP contribution in [0.25, 0.3) is 22.2 Å². The van der Waals surface area contributed by atoms with Gasteiger partial charge in [-0.05, 0) is 30.7 Å². The number of benzene rings is 1. The molecule has 2 heterocycles. The van der Waals surface area contributed by atoms with Gasteiger partial charge in [-0.3, -0.25) is 0 Å². The van der Waals surface area contributed by atoms with Crippen molar-refractivity contribution >= 4 is 16.9 Å². The fourth-order valence-corrected chi connectivity index (χ4v) is 2.14. The first kappa shape index (κ1) is 11.2. The highest BCUT2D eigenvalue weighted by Crippen LogP contribution is 2.28. The molecule has 3 aromatic rings. The minimum atomic E-state index is 0.251. The maximum Gasteiger partial charge on any atom is 0.141 e. The van der Waals surface area contributed by atoms with Gasteiger partial charge in [-0.15, -0.1) is 0 Å². The van der Waals surface area contributed by atoms with Crippen LogP contribution < -0.4 is 5.73 Å². The van der Waals surface area contributed by atoms with Gasteiger partial charge in [0.25, 0.3) is 0 Å². The van der Waals surface area contributed by atoms with Crippen LogP contribution in [0.1, 0.15) is 11.4 Å². The maximum absolute atomic E-state index is 9.19. The van der Waals surface area contributed by atoms with E-state index in [0.29, 0.717) is 5.56 Å². The van der Waals surface area contributed by atoms with Gasteiger partial charge < -0.3 is 10.7 Å². The number of nitrogens with zero attached hydrogens (tertiary/aromatic N) is 3. The molecule has 0 aliphatic heterocycles. The molecule has 3 rings (SSSR count). The number of anilines is 1. The monoisotopic (exact) mass is 249 g/mol. The van der Waals surface area contributed by atoms with E-state index < -0.39 is 0 Å². The molecule has 92 valence electrons. The van der Waals surface area contributed by atoms with Gasteiger partial charge in [0.05, 0.1) is 11.0 Å². The third-order valence-electron chi connectivity index (χ3n) is 3.00. The van der Waals surface area contributed by atoms with Gasteiger partial charge in [0.15, 0.2) is 0 Å². The van der Waals surface area contributed by atoms with Crippen molar-refractivity contribution in [3.8, 4) is 17.2 Å². The number of hydrogen-bond acceptors (Lipinski definition) is 4. The van der Waals surface area contributed by atoms with E-state index in [0.717, 1.165) is 28.0 Å². The molecular weight excluding hydrogens is 238 g/mol. The zero-order valence-electron chi connectivity index (χ0n) is 10.3. The number of pyridine rings is 1. The van der Waals surface area contributed by atoms with Crippen molar-refractivity contribution in [2.45, 2.75) is 6.92 Å². The molecule has 0 radical (unpaired) electrons. The third kappa shape index (κ3) is 1.79. The molecule has 0 unspecified atom stereocenters. The molecule has 1 aromatic carbocycles. The lowest BCUT2D eigenvalue weighted by Crippen LogP contribution is -1.96. The van der Waals surface area contributed by atoms with Crippen molar-refractivity contribution in [2.24, 2.45) is 0 Å². The molecular formula is C14H11N5. The Morgan fingerprint density at radius 3 is 2.95 bits per heavy atom. The fourth-order valence-electron chi connectivity index (χ4n) is 2.14. The molecule has 3 N–H and O–H groups in total. The van der Waals surface area contributed by atoms with Crippen LogP contribution in [0.15, 0.2) is 30.5 Å². The summed E-state index contributed by atoms with van der Waals surface area (Å²) < 4.78 is 0. The van der Waals surface area contributed by atoms with Gasteiger partial charge >= 0.3 is 0 Å². The second-order valence-electron chi connectivity index (χ2n) is 4.28. The van der Waals surface area contributed by atoms with Crippen molar-refractivity contribution in [3.05, 3.63) is 41.9 Å². The number of imidazole rings is 1. The number of aromatic nitrogens is 3. The van der Waals surface area contributed by atoms with E-state index in [1.807, 2.05) is 25.1 Å². The van der Waals surface area contributed by atoms with Gasteiger partial charge in [0, 0.05) is 11.8 Å². The maximum atomic E-state index is 9.19. The normalized spacial score (nSPS) is 10.5. The Kier molecular flexibility index (Phi) is 2.43. The van der Waals surface area contributed by atoms with E-state index in [4.69, 9.17) is 5.73 Å². The number of rotatable bonds is 1. The molecule has 0 saturated heterocycles. The Morgan fingerprint density at radius 2 is 2.16 bits per heavy atom. The molecule has 0 aliphatic carbocycles. The summed E-state index contributed by atoms with van der Waals surface area (Å²) in [5.74, 6) is 1.11. The predicted molar refractivity (Wildman–Crippen MR) is 73.2 cm³/mol. The highest BCUT2D eigenvalue weighted by molar-refractivity contribution is 5.84. The molecule has 0 fully saturated rings. The van der Waals surface area contributed by atoms with Crippen molar-refractivity contribution in [3.63, 3.8) is 0 Å². The molecule has 5 nitrogen and oxygen atoms in total. The standard InChI is InChI=1S/C14H11N5/c1-8-18-12-3-2-9(6-13(12)19-8)10-4-5-17-14(16)11(10)7-15/h2-6H,1H3,(H2,16,17)(H,18,19). The van der Waals surface area contributed by atoms with Gasteiger partial charge in [0.2, 0.25) is 0 Å². The van der Waals surface area contributed by atoms with Crippen LogP contribution in [-0.2, 0) is 0 Å². The summed E-state index contributed by atoms with van der Waals surface area (Å²) in [4.78, 5) is 11.5. The summed E-state index contributed by atoms with van der Waals surface area (Å²) >= 11 is 0. The molecule has 2 aromatic heterocycles. The molecule has 0 atom stereocenters. The molecule has 0 amide bonds. The number of aromatic amines is 1. The number of nitriles is 1. The molecule has 0 spiro atoms. The van der Waals surface area contributed by atoms with Crippen LogP contribution in [0.2, 0.25) is 0 Å². The first-order valence-electron chi connectivity index (χ1n) is 5.80. The first-order valence-corrected chi connectivity index (χ1v) is 5.80. The second kappa shape index (κ2) is 4.10. The number of nitrogen functional groups attached to an aromatic ring is 1. The average molecular weight is 249 g/mol. The predicted octanol–water partition coefficient (Wildman–Crippen LogP) is 2.39. The number of aryl methyl sites for hydroxylation is 1. The van der Waals surface area contributed by atoms with Crippen molar-refractivity contribution in [1.29, 1.82) is 5.26 Å². The average Bonchev–Trinajstić information content (AvgIpc) is 2.77. The van der Waals surface area contributed by atoms with E-state index in [1.165, 1.54) is 0 Å². The molecule has 5 heteroatoms. The molecule has 19 heavy (non-hydrogen) atoms. The Balaban J connectivity index is 2.25. The van der Waals surface area contributed by atoms with Crippen molar-refractivity contribution in [2.75, 3.05) is 5.73 Å². The zero-order chi connectivity index (χ0) is 13.4. The van der Waals surface area contributed by atoms with Crippen molar-refractivity contribution < 1.29 is 0 Å². The lowest BCUT2D eigenvalue weighted by molar-refractivity contribution is 1.17. The SMILES string of the molecule is Cc1nc2ccc(-c3ccnc(N)c3C#N)cc2[nH]1. The zero-order valence-corrected chi connectivity index (χ0v) is 10.3. The number of hydrogen-bond donors (Lipinski definition) is 2. The van der Waals surface area contributed by atoms with Crippen LogP contribution in [-0.4, -0.2) is 15.0 Å². The Hall–Kier alpha value is -2.87. The molecule has 0 saturated carbocycles. The van der Waals surface area contributed by atoms with Crippen LogP contribution in [0.5, 0.6) is 0 Å². The Labute approximate surface area is 109 Å². The van der Waals surface area contributed by atoms with Crippen LogP contribution in [0.3, 0.4) is 0 Å². The Morgan fingerprint density at radius 1 is 1.32 bits per heavy atom. The molecule has 0 bridgehead atoms. The summed E-state index contributed by atoms with van der Waals surface area (Å²) in [7, 11) is 0. The number of H-pyrrole nitrogens is 1. The van der Waals surface area contributed by atoms with E-state index >= 15 is 0 Å². The highest BCUT2D eigenvalue weighted by atomic mass is 14.9. The fraction of sp³-hybridized carbons (Fsp3) is 0.0714. The smallest absolute Gasteiger partial charge is 0.141 e. The lowest BCUT2D eigenvalue weighted by Gasteiger charge is -2.05. The lowest BCUT2D eigenvalue weighted by atomic mass is 10.0. The quantitative estimate of drug-likeness (QED) is 0.692. The summed E-state index contributed by atoms with van der Waals surface area (Å²) in [5, 5.41) is 9.19. The summed E-state index contributed by atoms with van der Waals surface area (Å²) in [6.07, 6.45) is 1.61. The van der Waals surface area contributed by atoms with Crippen molar-refractivity contribution in [1.82, 2.24) is 15.0 Å². The minimum absolute atomic E-state index is 0.251. The molecule has 0 aliphatic rings. The van der Waals surface area contributed by atoms with Crippen LogP contribution >= 0.6 is 0 Å². The van der Waals surface area contributed by atoms with E-state index in [-0.39, 0.29) is 5.82 Å². The van der Waals surface area contributed by atoms with Gasteiger partial charge in [0.1, 0.15) is 23.3 Å². The van der Waals surface area contributed by atoms with Crippen LogP contribution in [0.4, 0.5) is 5.82 Å². The van der Waals surface area contributed by atoms with Gasteiger partial charge in [-0.2, -0.15) is 5.26 Å². The summed E-state index contributed by atoms with van der Waals surface area (Å²) in [6, 6.07) is 9.71. The van der Waals surface area contributed by atoms with Gasteiger partial charge in [-0.1, -0.05) is 6.07 Å². The second-order valence-corrected chi connectivity index (χ2v) is 4.28. The first-order chi connectivity index (χ1) is 9.19.